The van der Waals surface area contributed by atoms with Crippen LogP contribution in [0, 0.1) is 12.3 Å². The zero-order valence-corrected chi connectivity index (χ0v) is 25.2. The summed E-state index contributed by atoms with van der Waals surface area (Å²) in [4.78, 5) is 44.5. The number of aromatic nitrogens is 2. The van der Waals surface area contributed by atoms with E-state index in [1.807, 2.05) is 65.0 Å². The summed E-state index contributed by atoms with van der Waals surface area (Å²) in [6.07, 6.45) is 11.9. The van der Waals surface area contributed by atoms with E-state index in [9.17, 15) is 14.4 Å². The summed E-state index contributed by atoms with van der Waals surface area (Å²) in [6.45, 7) is 11.3. The van der Waals surface area contributed by atoms with E-state index in [-0.39, 0.29) is 30.4 Å². The second-order valence-corrected chi connectivity index (χ2v) is 11.5. The van der Waals surface area contributed by atoms with Gasteiger partial charge >= 0.3 is 6.03 Å². The standard InChI is InChI=1S/C32H39N7O3/c1-9-11-12-13-21(3)26(20-36(6)7)33-31(42)39-19-25-28(32(39,4)5)37(8)35-29(25)34-30(41)22-14-15-23-17-38(27(40)10-2)18-24(23)16-22/h1,10-16,26H,2,17-20H2,3-8H3,(H,33,42)(H,34,35,41)/b12-11-,21-13+/t26-/m1/s1. The van der Waals surface area contributed by atoms with Crippen molar-refractivity contribution >= 4 is 23.7 Å². The van der Waals surface area contributed by atoms with Gasteiger partial charge in [0.2, 0.25) is 5.91 Å². The number of amides is 4. The molecular weight excluding hydrogens is 530 g/mol. The highest BCUT2D eigenvalue weighted by atomic mass is 16.2. The number of carbonyl (C=O) groups is 3. The van der Waals surface area contributed by atoms with Gasteiger partial charge in [-0.05, 0) is 75.9 Å². The van der Waals surface area contributed by atoms with E-state index in [0.29, 0.717) is 31.0 Å². The summed E-state index contributed by atoms with van der Waals surface area (Å²) in [5, 5.41) is 10.7. The van der Waals surface area contributed by atoms with Crippen molar-refractivity contribution in [3.05, 3.63) is 82.6 Å². The van der Waals surface area contributed by atoms with Crippen LogP contribution in [0.15, 0.2) is 54.7 Å². The topological polar surface area (TPSA) is 103 Å². The lowest BCUT2D eigenvalue weighted by atomic mass is 10.0. The number of nitrogens with zero attached hydrogens (tertiary/aromatic N) is 5. The maximum atomic E-state index is 13.7. The maximum absolute atomic E-state index is 13.7. The third kappa shape index (κ3) is 6.02. The van der Waals surface area contributed by atoms with Crippen molar-refractivity contribution in [2.75, 3.05) is 26.0 Å². The van der Waals surface area contributed by atoms with Crippen molar-refractivity contribution < 1.29 is 14.4 Å². The number of fused-ring (bicyclic) bond motifs is 2. The first-order valence-corrected chi connectivity index (χ1v) is 13.8. The summed E-state index contributed by atoms with van der Waals surface area (Å²) in [5.74, 6) is 2.45. The normalized spacial score (nSPS) is 16.3. The number of urea groups is 1. The lowest BCUT2D eigenvalue weighted by Gasteiger charge is -2.34. The molecule has 1 aromatic heterocycles. The van der Waals surface area contributed by atoms with Crippen molar-refractivity contribution in [3.8, 4) is 12.3 Å². The Morgan fingerprint density at radius 2 is 1.93 bits per heavy atom. The fourth-order valence-corrected chi connectivity index (χ4v) is 5.66. The fourth-order valence-electron chi connectivity index (χ4n) is 5.66. The predicted molar refractivity (Wildman–Crippen MR) is 163 cm³/mol. The molecule has 0 unspecified atom stereocenters. The number of carbonyl (C=O) groups excluding carboxylic acids is 3. The Kier molecular flexibility index (Phi) is 8.73. The van der Waals surface area contributed by atoms with Crippen LogP contribution < -0.4 is 10.6 Å². The third-order valence-electron chi connectivity index (χ3n) is 7.82. The minimum atomic E-state index is -0.678. The van der Waals surface area contributed by atoms with Crippen LogP contribution in [0.4, 0.5) is 10.6 Å². The molecule has 0 spiro atoms. The smallest absolute Gasteiger partial charge is 0.318 e. The van der Waals surface area contributed by atoms with Gasteiger partial charge in [0.05, 0.1) is 23.8 Å². The molecule has 2 N–H and O–H groups in total. The molecule has 220 valence electrons. The van der Waals surface area contributed by atoms with E-state index in [2.05, 4.69) is 28.2 Å². The summed E-state index contributed by atoms with van der Waals surface area (Å²) < 4.78 is 1.73. The molecule has 10 nitrogen and oxygen atoms in total. The molecule has 1 aromatic carbocycles. The van der Waals surface area contributed by atoms with Gasteiger partial charge in [0.1, 0.15) is 0 Å². The Morgan fingerprint density at radius 1 is 1.21 bits per heavy atom. The van der Waals surface area contributed by atoms with Gasteiger partial charge in [-0.2, -0.15) is 5.10 Å². The number of rotatable bonds is 8. The molecule has 2 aliphatic rings. The first-order valence-electron chi connectivity index (χ1n) is 13.8. The molecule has 0 radical (unpaired) electrons. The lowest BCUT2D eigenvalue weighted by molar-refractivity contribution is -0.126. The van der Waals surface area contributed by atoms with E-state index < -0.39 is 5.54 Å². The average molecular weight is 570 g/mol. The highest BCUT2D eigenvalue weighted by Crippen LogP contribution is 2.42. The summed E-state index contributed by atoms with van der Waals surface area (Å²) >= 11 is 0. The molecule has 0 saturated heterocycles. The number of terminal acetylenes is 1. The molecule has 10 heteroatoms. The molecule has 0 bridgehead atoms. The molecule has 0 aliphatic carbocycles. The predicted octanol–water partition coefficient (Wildman–Crippen LogP) is 3.53. The van der Waals surface area contributed by atoms with Crippen LogP contribution in [0.5, 0.6) is 0 Å². The monoisotopic (exact) mass is 569 g/mol. The quantitative estimate of drug-likeness (QED) is 0.288. The second kappa shape index (κ2) is 12.1. The van der Waals surface area contributed by atoms with Crippen molar-refractivity contribution in [2.45, 2.75) is 52.0 Å². The molecule has 3 heterocycles. The Balaban J connectivity index is 1.53. The van der Waals surface area contributed by atoms with Crippen LogP contribution in [-0.4, -0.2) is 69.0 Å². The van der Waals surface area contributed by atoms with Crippen LogP contribution in [0.25, 0.3) is 0 Å². The van der Waals surface area contributed by atoms with Crippen molar-refractivity contribution in [1.29, 1.82) is 0 Å². The highest BCUT2D eigenvalue weighted by molar-refractivity contribution is 6.04. The molecule has 0 saturated carbocycles. The number of aryl methyl sites for hydroxylation is 1. The first kappa shape index (κ1) is 30.3. The largest absolute Gasteiger partial charge is 0.331 e. The van der Waals surface area contributed by atoms with Crippen LogP contribution >= 0.6 is 0 Å². The molecule has 2 aliphatic heterocycles. The van der Waals surface area contributed by atoms with Gasteiger partial charge in [0.25, 0.3) is 5.91 Å². The zero-order valence-electron chi connectivity index (χ0n) is 25.2. The van der Waals surface area contributed by atoms with Crippen LogP contribution in [-0.2, 0) is 37.0 Å². The van der Waals surface area contributed by atoms with E-state index >= 15 is 0 Å². The Hall–Kier alpha value is -4.62. The first-order chi connectivity index (χ1) is 19.9. The summed E-state index contributed by atoms with van der Waals surface area (Å²) in [6, 6.07) is 4.99. The number of anilines is 1. The van der Waals surface area contributed by atoms with Gasteiger partial charge in [0.15, 0.2) is 5.82 Å². The van der Waals surface area contributed by atoms with E-state index in [1.165, 1.54) is 6.08 Å². The minimum absolute atomic E-state index is 0.141. The minimum Gasteiger partial charge on any atom is -0.331 e. The van der Waals surface area contributed by atoms with E-state index in [4.69, 9.17) is 6.42 Å². The maximum Gasteiger partial charge on any atom is 0.318 e. The number of hydrogen-bond acceptors (Lipinski definition) is 5. The van der Waals surface area contributed by atoms with E-state index in [1.54, 1.807) is 32.7 Å². The van der Waals surface area contributed by atoms with Crippen LogP contribution in [0.2, 0.25) is 0 Å². The van der Waals surface area contributed by atoms with Crippen LogP contribution in [0.3, 0.4) is 0 Å². The Labute approximate surface area is 247 Å². The van der Waals surface area contributed by atoms with E-state index in [0.717, 1.165) is 28.0 Å². The molecule has 0 fully saturated rings. The molecule has 4 amide bonds. The van der Waals surface area contributed by atoms with Gasteiger partial charge in [-0.15, -0.1) is 6.42 Å². The number of allylic oxidation sites excluding steroid dienone is 3. The van der Waals surface area contributed by atoms with Gasteiger partial charge in [-0.3, -0.25) is 14.3 Å². The molecule has 1 atom stereocenters. The third-order valence-corrected chi connectivity index (χ3v) is 7.82. The zero-order chi connectivity index (χ0) is 30.8. The second-order valence-electron chi connectivity index (χ2n) is 11.5. The number of likely N-dealkylation sites (N-methyl/N-ethyl adjacent to an activating group) is 1. The molecule has 2 aromatic rings. The Morgan fingerprint density at radius 3 is 2.60 bits per heavy atom. The number of hydrogen-bond donors (Lipinski definition) is 2. The van der Waals surface area contributed by atoms with Gasteiger partial charge in [-0.1, -0.05) is 30.7 Å². The molecule has 42 heavy (non-hydrogen) atoms. The summed E-state index contributed by atoms with van der Waals surface area (Å²) in [7, 11) is 5.73. The number of nitrogens with one attached hydrogen (secondary N) is 2. The highest BCUT2D eigenvalue weighted by Gasteiger charge is 2.45. The van der Waals surface area contributed by atoms with Gasteiger partial charge in [-0.25, -0.2) is 4.79 Å². The SMILES string of the molecule is C#C/C=C\C=C(/C)[C@@H](CN(C)C)NC(=O)N1Cc2c(NC(=O)c3ccc4c(c3)CN(C(=O)C=C)C4)nn(C)c2C1(C)C. The van der Waals surface area contributed by atoms with Crippen LogP contribution in [0.1, 0.15) is 53.5 Å². The lowest BCUT2D eigenvalue weighted by Crippen LogP contribution is -2.52. The van der Waals surface area contributed by atoms with Crippen molar-refractivity contribution in [3.63, 3.8) is 0 Å². The average Bonchev–Trinajstić information content (AvgIpc) is 3.58. The fraction of sp³-hybridized carbons (Fsp3) is 0.375. The van der Waals surface area contributed by atoms with Gasteiger partial charge in [0, 0.05) is 37.8 Å². The summed E-state index contributed by atoms with van der Waals surface area (Å²) in [5.41, 5.74) is 4.35. The Bertz CT molecular complexity index is 1520. The molecule has 4 rings (SSSR count). The van der Waals surface area contributed by atoms with Crippen molar-refractivity contribution in [2.24, 2.45) is 7.05 Å². The molecular formula is C32H39N7O3. The number of benzene rings is 1. The van der Waals surface area contributed by atoms with Gasteiger partial charge < -0.3 is 25.3 Å². The van der Waals surface area contributed by atoms with Crippen molar-refractivity contribution in [1.82, 2.24) is 29.8 Å².